The highest BCUT2D eigenvalue weighted by Gasteiger charge is 2.33. The minimum absolute atomic E-state index is 0.192. The van der Waals surface area contributed by atoms with Gasteiger partial charge in [0.1, 0.15) is 0 Å². The van der Waals surface area contributed by atoms with Gasteiger partial charge in [0, 0.05) is 12.1 Å². The molecule has 2 nitrogen and oxygen atoms in total. The van der Waals surface area contributed by atoms with Crippen LogP contribution in [-0.2, 0) is 0 Å². The van der Waals surface area contributed by atoms with E-state index in [1.54, 1.807) is 0 Å². The minimum atomic E-state index is 0.192. The van der Waals surface area contributed by atoms with Crippen LogP contribution in [0.4, 0.5) is 0 Å². The summed E-state index contributed by atoms with van der Waals surface area (Å²) in [6.07, 6.45) is 2.61. The number of hydrogen-bond acceptors (Lipinski definition) is 2. The first-order valence-electron chi connectivity index (χ1n) is 7.05. The quantitative estimate of drug-likeness (QED) is 0.810. The lowest BCUT2D eigenvalue weighted by molar-refractivity contribution is 0.194. The van der Waals surface area contributed by atoms with E-state index in [0.29, 0.717) is 12.0 Å². The van der Waals surface area contributed by atoms with Crippen molar-refractivity contribution in [2.75, 3.05) is 6.61 Å². The summed E-state index contributed by atoms with van der Waals surface area (Å²) in [5.74, 6) is 1.21. The number of hydrogen-bond donors (Lipinski definition) is 2. The molecule has 0 amide bonds. The van der Waals surface area contributed by atoms with E-state index in [1.807, 2.05) is 0 Å². The van der Waals surface area contributed by atoms with Crippen molar-refractivity contribution < 1.29 is 5.11 Å². The summed E-state index contributed by atoms with van der Waals surface area (Å²) in [4.78, 5) is 0. The van der Waals surface area contributed by atoms with Gasteiger partial charge in [0.2, 0.25) is 0 Å². The Bertz CT molecular complexity index is 367. The van der Waals surface area contributed by atoms with Crippen LogP contribution in [0.1, 0.15) is 43.9 Å². The molecule has 1 aromatic rings. The van der Waals surface area contributed by atoms with Gasteiger partial charge < -0.3 is 10.4 Å². The van der Waals surface area contributed by atoms with Crippen LogP contribution >= 0.6 is 0 Å². The second-order valence-corrected chi connectivity index (χ2v) is 5.93. The number of benzene rings is 1. The van der Waals surface area contributed by atoms with Gasteiger partial charge in [0.15, 0.2) is 0 Å². The van der Waals surface area contributed by atoms with Crippen molar-refractivity contribution in [2.24, 2.45) is 11.8 Å². The predicted octanol–water partition coefficient (Wildman–Crippen LogP) is 3.05. The monoisotopic (exact) mass is 247 g/mol. The molecule has 1 saturated carbocycles. The molecule has 18 heavy (non-hydrogen) atoms. The smallest absolute Gasteiger partial charge is 0.0587 e. The molecular formula is C16H25NO. The van der Waals surface area contributed by atoms with Gasteiger partial charge in [-0.05, 0) is 37.2 Å². The SMILES string of the molecule is Cc1ccc(C(NC(CO)C(C)C)C2CC2)cc1. The summed E-state index contributed by atoms with van der Waals surface area (Å²) in [5, 5.41) is 13.1. The molecule has 2 heteroatoms. The van der Waals surface area contributed by atoms with Gasteiger partial charge in [0.25, 0.3) is 0 Å². The second-order valence-electron chi connectivity index (χ2n) is 5.93. The molecule has 2 unspecified atom stereocenters. The molecule has 2 rings (SSSR count). The molecule has 100 valence electrons. The van der Waals surface area contributed by atoms with Gasteiger partial charge in [0.05, 0.1) is 6.61 Å². The van der Waals surface area contributed by atoms with E-state index in [2.05, 4.69) is 50.4 Å². The largest absolute Gasteiger partial charge is 0.395 e. The van der Waals surface area contributed by atoms with E-state index >= 15 is 0 Å². The van der Waals surface area contributed by atoms with E-state index < -0.39 is 0 Å². The van der Waals surface area contributed by atoms with Crippen LogP contribution in [0.5, 0.6) is 0 Å². The molecule has 1 aliphatic carbocycles. The fourth-order valence-electron chi connectivity index (χ4n) is 2.39. The molecule has 0 spiro atoms. The third-order valence-corrected chi connectivity index (χ3v) is 3.92. The minimum Gasteiger partial charge on any atom is -0.395 e. The molecule has 1 aromatic carbocycles. The van der Waals surface area contributed by atoms with Crippen molar-refractivity contribution >= 4 is 0 Å². The number of aliphatic hydroxyl groups is 1. The summed E-state index contributed by atoms with van der Waals surface area (Å²) in [6, 6.07) is 9.40. The summed E-state index contributed by atoms with van der Waals surface area (Å²) < 4.78 is 0. The highest BCUT2D eigenvalue weighted by Crippen LogP contribution is 2.41. The zero-order chi connectivity index (χ0) is 13.1. The molecule has 0 radical (unpaired) electrons. The second kappa shape index (κ2) is 5.85. The molecule has 1 fully saturated rings. The molecule has 0 aliphatic heterocycles. The van der Waals surface area contributed by atoms with Crippen molar-refractivity contribution in [3.05, 3.63) is 35.4 Å². The Morgan fingerprint density at radius 3 is 2.28 bits per heavy atom. The first kappa shape index (κ1) is 13.6. The van der Waals surface area contributed by atoms with Gasteiger partial charge in [-0.1, -0.05) is 43.7 Å². The lowest BCUT2D eigenvalue weighted by Gasteiger charge is -2.27. The van der Waals surface area contributed by atoms with Crippen LogP contribution in [0.2, 0.25) is 0 Å². The zero-order valence-corrected chi connectivity index (χ0v) is 11.7. The Kier molecular flexibility index (Phi) is 4.41. The normalized spacial score (nSPS) is 18.9. The van der Waals surface area contributed by atoms with Crippen LogP contribution in [0.25, 0.3) is 0 Å². The molecule has 0 heterocycles. The van der Waals surface area contributed by atoms with Crippen LogP contribution in [0, 0.1) is 18.8 Å². The molecule has 1 aliphatic rings. The number of rotatable bonds is 6. The maximum atomic E-state index is 9.48. The molecule has 0 aromatic heterocycles. The topological polar surface area (TPSA) is 32.3 Å². The predicted molar refractivity (Wildman–Crippen MR) is 75.5 cm³/mol. The van der Waals surface area contributed by atoms with E-state index in [0.717, 1.165) is 5.92 Å². The van der Waals surface area contributed by atoms with Crippen LogP contribution in [0.15, 0.2) is 24.3 Å². The van der Waals surface area contributed by atoms with E-state index in [-0.39, 0.29) is 12.6 Å². The molecule has 2 atom stereocenters. The highest BCUT2D eigenvalue weighted by molar-refractivity contribution is 5.25. The summed E-state index contributed by atoms with van der Waals surface area (Å²) >= 11 is 0. The number of aryl methyl sites for hydroxylation is 1. The summed E-state index contributed by atoms with van der Waals surface area (Å²) in [7, 11) is 0. The lowest BCUT2D eigenvalue weighted by Crippen LogP contribution is -2.40. The number of aliphatic hydroxyl groups excluding tert-OH is 1. The fraction of sp³-hybridized carbons (Fsp3) is 0.625. The number of nitrogens with one attached hydrogen (secondary N) is 1. The Hall–Kier alpha value is -0.860. The van der Waals surface area contributed by atoms with Crippen LogP contribution in [0.3, 0.4) is 0 Å². The van der Waals surface area contributed by atoms with Crippen LogP contribution < -0.4 is 5.32 Å². The molecule has 0 bridgehead atoms. The maximum Gasteiger partial charge on any atom is 0.0587 e. The Morgan fingerprint density at radius 2 is 1.83 bits per heavy atom. The average Bonchev–Trinajstić information content (AvgIpc) is 3.16. The maximum absolute atomic E-state index is 9.48. The van der Waals surface area contributed by atoms with Crippen molar-refractivity contribution in [1.29, 1.82) is 0 Å². The van der Waals surface area contributed by atoms with Gasteiger partial charge in [-0.25, -0.2) is 0 Å². The van der Waals surface area contributed by atoms with Crippen LogP contribution in [-0.4, -0.2) is 17.8 Å². The first-order chi connectivity index (χ1) is 8.61. The van der Waals surface area contributed by atoms with Gasteiger partial charge in [-0.15, -0.1) is 0 Å². The van der Waals surface area contributed by atoms with Gasteiger partial charge >= 0.3 is 0 Å². The van der Waals surface area contributed by atoms with E-state index in [9.17, 15) is 5.11 Å². The van der Waals surface area contributed by atoms with Crippen molar-refractivity contribution in [2.45, 2.75) is 45.7 Å². The summed E-state index contributed by atoms with van der Waals surface area (Å²) in [5.41, 5.74) is 2.66. The van der Waals surface area contributed by atoms with E-state index in [4.69, 9.17) is 0 Å². The molecule has 0 saturated heterocycles. The molecule has 2 N–H and O–H groups in total. The first-order valence-corrected chi connectivity index (χ1v) is 7.05. The van der Waals surface area contributed by atoms with Crippen molar-refractivity contribution in [3.63, 3.8) is 0 Å². The van der Waals surface area contributed by atoms with Crippen molar-refractivity contribution in [1.82, 2.24) is 5.32 Å². The Balaban J connectivity index is 2.10. The molecular weight excluding hydrogens is 222 g/mol. The van der Waals surface area contributed by atoms with Crippen molar-refractivity contribution in [3.8, 4) is 0 Å². The third kappa shape index (κ3) is 3.33. The third-order valence-electron chi connectivity index (χ3n) is 3.92. The van der Waals surface area contributed by atoms with E-state index in [1.165, 1.54) is 24.0 Å². The van der Waals surface area contributed by atoms with Gasteiger partial charge in [-0.2, -0.15) is 0 Å². The summed E-state index contributed by atoms with van der Waals surface area (Å²) in [6.45, 7) is 6.65. The Morgan fingerprint density at radius 1 is 1.22 bits per heavy atom. The highest BCUT2D eigenvalue weighted by atomic mass is 16.3. The standard InChI is InChI=1S/C16H25NO/c1-11(2)15(10-18)17-16(14-8-9-14)13-6-4-12(3)5-7-13/h4-7,11,14-18H,8-10H2,1-3H3. The fourth-order valence-corrected chi connectivity index (χ4v) is 2.39. The van der Waals surface area contributed by atoms with Gasteiger partial charge in [-0.3, -0.25) is 0 Å². The lowest BCUT2D eigenvalue weighted by atomic mass is 9.97. The zero-order valence-electron chi connectivity index (χ0n) is 11.7. The Labute approximate surface area is 110 Å². The average molecular weight is 247 g/mol.